The van der Waals surface area contributed by atoms with Crippen molar-refractivity contribution in [3.63, 3.8) is 0 Å². The van der Waals surface area contributed by atoms with Gasteiger partial charge in [0.25, 0.3) is 0 Å². The van der Waals surface area contributed by atoms with Crippen molar-refractivity contribution >= 4 is 130 Å². The molecule has 0 saturated carbocycles. The van der Waals surface area contributed by atoms with E-state index in [1.54, 1.807) is 0 Å². The Bertz CT molecular complexity index is 4870. The lowest BCUT2D eigenvalue weighted by Crippen LogP contribution is -2.74. The van der Waals surface area contributed by atoms with E-state index in [9.17, 15) is 0 Å². The molecular formula is C84H62N2Si3. The minimum absolute atomic E-state index is 1.12. The van der Waals surface area contributed by atoms with Crippen molar-refractivity contribution in [3.05, 3.63) is 376 Å². The van der Waals surface area contributed by atoms with E-state index in [1.807, 2.05) is 0 Å². The molecule has 420 valence electrons. The van der Waals surface area contributed by atoms with Gasteiger partial charge >= 0.3 is 0 Å². The fourth-order valence-corrected chi connectivity index (χ4v) is 29.6. The summed E-state index contributed by atoms with van der Waals surface area (Å²) in [7, 11) is -8.93. The molecule has 0 amide bonds. The predicted molar refractivity (Wildman–Crippen MR) is 386 cm³/mol. The SMILES string of the molecule is c1ccc([Si](c2ccccc2)(c2ccccc2)c2cccc(-n3c4cc([Si](c5ccccc5)(c5ccccc5)c5ccccc5)ccc4c4c3ccc3c5ccccc5n(-c5cccc([Si](c6ccccc6)(c6ccccc6)c6ccccc6)c5)c34)c2)cc1. The first-order chi connectivity index (χ1) is 44.2. The highest BCUT2D eigenvalue weighted by Crippen LogP contribution is 2.42. The Balaban J connectivity index is 1.04. The monoisotopic (exact) mass is 1180 g/mol. The van der Waals surface area contributed by atoms with Gasteiger partial charge in [-0.2, -0.15) is 0 Å². The summed E-state index contributed by atoms with van der Waals surface area (Å²) in [5, 5.41) is 20.9. The largest absolute Gasteiger partial charge is 0.309 e. The third-order valence-electron chi connectivity index (χ3n) is 18.9. The lowest BCUT2D eigenvalue weighted by atomic mass is 10.1. The first-order valence-electron chi connectivity index (χ1n) is 30.9. The van der Waals surface area contributed by atoms with Crippen LogP contribution in [0.25, 0.3) is 55.0 Å². The van der Waals surface area contributed by atoms with Gasteiger partial charge in [-0.15, -0.1) is 0 Å². The molecule has 16 aromatic rings. The number of aromatic nitrogens is 2. The quantitative estimate of drug-likeness (QED) is 0.0759. The molecule has 2 heterocycles. The molecule has 0 bridgehead atoms. The Morgan fingerprint density at radius 1 is 0.169 bits per heavy atom. The number of rotatable bonds is 14. The normalized spacial score (nSPS) is 12.0. The van der Waals surface area contributed by atoms with Gasteiger partial charge in [-0.05, 0) is 105 Å². The van der Waals surface area contributed by atoms with Crippen LogP contribution in [0.3, 0.4) is 0 Å². The summed E-state index contributed by atoms with van der Waals surface area (Å²) in [5.41, 5.74) is 6.95. The van der Waals surface area contributed by atoms with Crippen LogP contribution in [0.2, 0.25) is 0 Å². The summed E-state index contributed by atoms with van der Waals surface area (Å²) in [6.07, 6.45) is 0. The molecule has 0 aliphatic heterocycles. The molecule has 16 rings (SSSR count). The Kier molecular flexibility index (Phi) is 13.6. The van der Waals surface area contributed by atoms with Crippen molar-refractivity contribution in [2.45, 2.75) is 0 Å². The van der Waals surface area contributed by atoms with Crippen molar-refractivity contribution in [2.24, 2.45) is 0 Å². The van der Waals surface area contributed by atoms with Gasteiger partial charge in [0.15, 0.2) is 24.2 Å². The lowest BCUT2D eigenvalue weighted by molar-refractivity contribution is 1.18. The van der Waals surface area contributed by atoms with E-state index in [1.165, 1.54) is 100 Å². The molecule has 2 nitrogen and oxygen atoms in total. The van der Waals surface area contributed by atoms with Crippen LogP contribution in [0.4, 0.5) is 0 Å². The van der Waals surface area contributed by atoms with Crippen LogP contribution >= 0.6 is 0 Å². The zero-order valence-electron chi connectivity index (χ0n) is 49.2. The van der Waals surface area contributed by atoms with Crippen molar-refractivity contribution < 1.29 is 0 Å². The molecule has 14 aromatic carbocycles. The molecule has 0 unspecified atom stereocenters. The minimum Gasteiger partial charge on any atom is -0.309 e. The molecule has 0 saturated heterocycles. The third-order valence-corrected chi connectivity index (χ3v) is 33.3. The summed E-state index contributed by atoms with van der Waals surface area (Å²) < 4.78 is 5.22. The topological polar surface area (TPSA) is 9.86 Å². The van der Waals surface area contributed by atoms with Gasteiger partial charge in [-0.3, -0.25) is 0 Å². The second kappa shape index (κ2) is 22.6. The van der Waals surface area contributed by atoms with E-state index in [2.05, 4.69) is 385 Å². The average molecular weight is 1180 g/mol. The highest BCUT2D eigenvalue weighted by Gasteiger charge is 2.45. The van der Waals surface area contributed by atoms with Gasteiger partial charge < -0.3 is 9.13 Å². The third kappa shape index (κ3) is 8.57. The van der Waals surface area contributed by atoms with Crippen LogP contribution in [0.15, 0.2) is 376 Å². The molecule has 0 spiro atoms. The molecule has 0 fully saturated rings. The summed E-state index contributed by atoms with van der Waals surface area (Å²) in [6.45, 7) is 0. The van der Waals surface area contributed by atoms with Crippen LogP contribution in [0.5, 0.6) is 0 Å². The second-order valence-corrected chi connectivity index (χ2v) is 34.8. The maximum Gasteiger partial charge on any atom is 0.179 e. The van der Waals surface area contributed by atoms with Gasteiger partial charge in [0.1, 0.15) is 0 Å². The highest BCUT2D eigenvalue weighted by molar-refractivity contribution is 7.21. The average Bonchev–Trinajstić information content (AvgIpc) is 1.59. The Morgan fingerprint density at radius 3 is 0.820 bits per heavy atom. The minimum atomic E-state index is -3.02. The standard InChI is InChI=1S/C84H62N2Si3/c1-10-34-65(35-11-1)87(66-36-12-2-13-37-66,67-38-14-3-15-39-67)74-52-30-32-63(60-74)85-81-59-58-78-77-54-28-29-55-80(77)86(64-33-31-53-75(61-64)88(68-40-16-4-17-41-68,69-42-18-5-19-43-69)70-44-20-6-21-45-70)84(78)83(81)79-57-56-76(62-82(79)85)89(71-46-22-7-23-47-71,72-48-24-8-25-49-72)73-50-26-9-27-51-73/h1-62H. The van der Waals surface area contributed by atoms with Crippen molar-refractivity contribution in [1.29, 1.82) is 0 Å². The first-order valence-corrected chi connectivity index (χ1v) is 36.9. The summed E-state index contributed by atoms with van der Waals surface area (Å²) >= 11 is 0. The van der Waals surface area contributed by atoms with Crippen LogP contribution in [-0.4, -0.2) is 33.4 Å². The maximum atomic E-state index is 2.62. The molecule has 0 aliphatic rings. The van der Waals surface area contributed by atoms with Gasteiger partial charge in [0, 0.05) is 32.9 Å². The number of benzene rings is 14. The zero-order chi connectivity index (χ0) is 59.2. The van der Waals surface area contributed by atoms with Crippen LogP contribution in [0.1, 0.15) is 0 Å². The highest BCUT2D eigenvalue weighted by atomic mass is 28.3. The second-order valence-electron chi connectivity index (χ2n) is 23.4. The number of hydrogen-bond acceptors (Lipinski definition) is 0. The van der Waals surface area contributed by atoms with E-state index in [-0.39, 0.29) is 0 Å². The summed E-state index contributed by atoms with van der Waals surface area (Å²) in [4.78, 5) is 0. The fourth-order valence-electron chi connectivity index (χ4n) is 15.3. The van der Waals surface area contributed by atoms with Crippen LogP contribution in [0, 0.1) is 0 Å². The zero-order valence-corrected chi connectivity index (χ0v) is 52.2. The van der Waals surface area contributed by atoms with Gasteiger partial charge in [0.05, 0.1) is 22.1 Å². The number of fused-ring (bicyclic) bond motifs is 7. The van der Waals surface area contributed by atoms with Crippen molar-refractivity contribution in [2.75, 3.05) is 0 Å². The molecule has 0 atom stereocenters. The van der Waals surface area contributed by atoms with Crippen molar-refractivity contribution in [1.82, 2.24) is 9.13 Å². The van der Waals surface area contributed by atoms with E-state index in [0.717, 1.165) is 16.9 Å². The lowest BCUT2D eigenvalue weighted by Gasteiger charge is -2.35. The Hall–Kier alpha value is -10.7. The number of nitrogens with zero attached hydrogens (tertiary/aromatic N) is 2. The van der Waals surface area contributed by atoms with Crippen LogP contribution in [-0.2, 0) is 0 Å². The first kappa shape index (κ1) is 53.8. The molecule has 5 heteroatoms. The number of hydrogen-bond donors (Lipinski definition) is 0. The summed E-state index contributed by atoms with van der Waals surface area (Å²) in [6, 6.07) is 143. The Morgan fingerprint density at radius 2 is 0.461 bits per heavy atom. The molecular weight excluding hydrogens is 1120 g/mol. The molecule has 0 N–H and O–H groups in total. The van der Waals surface area contributed by atoms with E-state index in [4.69, 9.17) is 0 Å². The number of para-hydroxylation sites is 1. The molecule has 89 heavy (non-hydrogen) atoms. The van der Waals surface area contributed by atoms with Gasteiger partial charge in [0.2, 0.25) is 0 Å². The van der Waals surface area contributed by atoms with Gasteiger partial charge in [-0.25, -0.2) is 0 Å². The summed E-state index contributed by atoms with van der Waals surface area (Å²) in [5.74, 6) is 0. The van der Waals surface area contributed by atoms with Gasteiger partial charge in [-0.1, -0.05) is 334 Å². The van der Waals surface area contributed by atoms with Crippen LogP contribution < -0.4 is 62.2 Å². The molecule has 0 radical (unpaired) electrons. The van der Waals surface area contributed by atoms with E-state index < -0.39 is 24.2 Å². The molecule has 0 aliphatic carbocycles. The van der Waals surface area contributed by atoms with E-state index in [0.29, 0.717) is 0 Å². The molecule has 2 aromatic heterocycles. The fraction of sp³-hybridized carbons (Fsp3) is 0. The Labute approximate surface area is 523 Å². The predicted octanol–water partition coefficient (Wildman–Crippen LogP) is 12.0. The van der Waals surface area contributed by atoms with E-state index >= 15 is 0 Å². The smallest absolute Gasteiger partial charge is 0.179 e. The van der Waals surface area contributed by atoms with Crippen molar-refractivity contribution in [3.8, 4) is 11.4 Å². The maximum absolute atomic E-state index is 3.02.